The lowest BCUT2D eigenvalue weighted by molar-refractivity contribution is 0.414. The van der Waals surface area contributed by atoms with Gasteiger partial charge in [0.25, 0.3) is 0 Å². The zero-order valence-corrected chi connectivity index (χ0v) is 19.0. The third-order valence-electron chi connectivity index (χ3n) is 4.70. The van der Waals surface area contributed by atoms with Crippen molar-refractivity contribution in [3.8, 4) is 5.75 Å². The number of aromatic nitrogens is 2. The Bertz CT molecular complexity index is 1070. The summed E-state index contributed by atoms with van der Waals surface area (Å²) in [5, 5.41) is 3.87. The molecule has 1 unspecified atom stereocenters. The van der Waals surface area contributed by atoms with Gasteiger partial charge in [-0.05, 0) is 54.8 Å². The number of hydrogen-bond acceptors (Lipinski definition) is 7. The van der Waals surface area contributed by atoms with Gasteiger partial charge < -0.3 is 10.1 Å². The normalized spacial score (nSPS) is 12.5. The van der Waals surface area contributed by atoms with E-state index in [1.54, 1.807) is 24.3 Å². The van der Waals surface area contributed by atoms with Crippen molar-refractivity contribution in [3.63, 3.8) is 0 Å². The molecular formula is C21H25FN4O3S2. The number of benzene rings is 2. The molecule has 2 aromatic carbocycles. The third-order valence-corrected chi connectivity index (χ3v) is 6.94. The summed E-state index contributed by atoms with van der Waals surface area (Å²) in [6.45, 7) is 2.49. The van der Waals surface area contributed by atoms with Crippen molar-refractivity contribution in [2.45, 2.75) is 37.1 Å². The second-order valence-electron chi connectivity index (χ2n) is 6.94. The molecule has 1 heterocycles. The summed E-state index contributed by atoms with van der Waals surface area (Å²) in [5.74, 6) is 0.989. The zero-order valence-electron chi connectivity index (χ0n) is 17.3. The van der Waals surface area contributed by atoms with E-state index in [1.165, 1.54) is 42.9 Å². The summed E-state index contributed by atoms with van der Waals surface area (Å²) < 4.78 is 50.4. The number of ether oxygens (including phenoxy) is 1. The number of hydrogen-bond donors (Lipinski definition) is 2. The van der Waals surface area contributed by atoms with Crippen LogP contribution < -0.4 is 14.8 Å². The lowest BCUT2D eigenvalue weighted by Gasteiger charge is -2.17. The monoisotopic (exact) mass is 464 g/mol. The fourth-order valence-corrected chi connectivity index (χ4v) is 4.89. The minimum absolute atomic E-state index is 0.203. The molecule has 166 valence electrons. The fourth-order valence-electron chi connectivity index (χ4n) is 2.92. The molecule has 2 N–H and O–H groups in total. The Balaban J connectivity index is 1.50. The number of sulfonamides is 1. The second kappa shape index (κ2) is 10.7. The van der Waals surface area contributed by atoms with Crippen molar-refractivity contribution < 1.29 is 17.5 Å². The molecule has 0 spiro atoms. The Kier molecular flexibility index (Phi) is 7.94. The van der Waals surface area contributed by atoms with E-state index < -0.39 is 10.0 Å². The summed E-state index contributed by atoms with van der Waals surface area (Å²) in [6, 6.07) is 12.3. The molecular weight excluding hydrogens is 439 g/mol. The molecule has 0 aliphatic carbocycles. The van der Waals surface area contributed by atoms with Crippen LogP contribution in [0.5, 0.6) is 5.75 Å². The highest BCUT2D eigenvalue weighted by molar-refractivity contribution is 7.89. The van der Waals surface area contributed by atoms with Crippen LogP contribution in [0.15, 0.2) is 53.4 Å². The molecule has 0 fully saturated rings. The van der Waals surface area contributed by atoms with Gasteiger partial charge in [-0.3, -0.25) is 0 Å². The highest BCUT2D eigenvalue weighted by Gasteiger charge is 2.19. The standard InChI is InChI=1S/C21H25FN4O3S2/c1-3-17(26-31(27,28)19-10-8-18(29-2)9-11-19)12-13-23-21-24-20(25-30-21)14-15-4-6-16(22)7-5-15/h4-11,17,26H,3,12-14H2,1-2H3,(H,23,24,25). The van der Waals surface area contributed by atoms with Gasteiger partial charge in [0.1, 0.15) is 17.4 Å². The first-order chi connectivity index (χ1) is 14.9. The first-order valence-electron chi connectivity index (χ1n) is 9.87. The van der Waals surface area contributed by atoms with Crippen LogP contribution >= 0.6 is 11.5 Å². The molecule has 3 aromatic rings. The minimum Gasteiger partial charge on any atom is -0.497 e. The number of nitrogens with zero attached hydrogens (tertiary/aromatic N) is 2. The Morgan fingerprint density at radius 2 is 1.84 bits per heavy atom. The number of methoxy groups -OCH3 is 1. The van der Waals surface area contributed by atoms with E-state index in [0.29, 0.717) is 42.5 Å². The second-order valence-corrected chi connectivity index (χ2v) is 9.40. The molecule has 1 atom stereocenters. The lowest BCUT2D eigenvalue weighted by atomic mass is 10.1. The van der Waals surface area contributed by atoms with Gasteiger partial charge in [-0.1, -0.05) is 19.1 Å². The van der Waals surface area contributed by atoms with Gasteiger partial charge in [0, 0.05) is 30.5 Å². The molecule has 3 rings (SSSR count). The van der Waals surface area contributed by atoms with Gasteiger partial charge in [0.2, 0.25) is 15.2 Å². The molecule has 0 saturated heterocycles. The van der Waals surface area contributed by atoms with E-state index in [2.05, 4.69) is 19.4 Å². The van der Waals surface area contributed by atoms with E-state index in [4.69, 9.17) is 4.74 Å². The molecule has 0 aliphatic rings. The topological polar surface area (TPSA) is 93.2 Å². The van der Waals surface area contributed by atoms with Gasteiger partial charge in [-0.2, -0.15) is 4.37 Å². The van der Waals surface area contributed by atoms with Crippen molar-refractivity contribution in [2.75, 3.05) is 19.0 Å². The third kappa shape index (κ3) is 6.71. The van der Waals surface area contributed by atoms with Crippen LogP contribution in [0.25, 0.3) is 0 Å². The van der Waals surface area contributed by atoms with E-state index in [9.17, 15) is 12.8 Å². The van der Waals surface area contributed by atoms with Crippen LogP contribution in [0.4, 0.5) is 9.52 Å². The first kappa shape index (κ1) is 23.1. The molecule has 0 saturated carbocycles. The summed E-state index contributed by atoms with van der Waals surface area (Å²) in [4.78, 5) is 4.64. The van der Waals surface area contributed by atoms with Crippen molar-refractivity contribution >= 4 is 26.7 Å². The molecule has 0 bridgehead atoms. The van der Waals surface area contributed by atoms with Crippen LogP contribution in [0.3, 0.4) is 0 Å². The van der Waals surface area contributed by atoms with Gasteiger partial charge >= 0.3 is 0 Å². The molecule has 1 aromatic heterocycles. The van der Waals surface area contributed by atoms with Crippen LogP contribution in [0, 0.1) is 5.82 Å². The molecule has 0 aliphatic heterocycles. The predicted molar refractivity (Wildman–Crippen MR) is 120 cm³/mol. The van der Waals surface area contributed by atoms with E-state index in [1.807, 2.05) is 6.92 Å². The Morgan fingerprint density at radius 3 is 2.48 bits per heavy atom. The Labute approximate surface area is 185 Å². The van der Waals surface area contributed by atoms with Gasteiger partial charge in [-0.25, -0.2) is 22.5 Å². The van der Waals surface area contributed by atoms with Gasteiger partial charge in [0.05, 0.1) is 12.0 Å². The number of nitrogens with one attached hydrogen (secondary N) is 2. The maximum atomic E-state index is 13.0. The average Bonchev–Trinajstić information content (AvgIpc) is 3.21. The predicted octanol–water partition coefficient (Wildman–Crippen LogP) is 3.84. The Morgan fingerprint density at radius 1 is 1.13 bits per heavy atom. The smallest absolute Gasteiger partial charge is 0.240 e. The number of rotatable bonds is 11. The van der Waals surface area contributed by atoms with Crippen LogP contribution in [0.2, 0.25) is 0 Å². The minimum atomic E-state index is -3.61. The summed E-state index contributed by atoms with van der Waals surface area (Å²) in [5.41, 5.74) is 0.935. The zero-order chi connectivity index (χ0) is 22.3. The van der Waals surface area contributed by atoms with Crippen molar-refractivity contribution in [2.24, 2.45) is 0 Å². The molecule has 0 radical (unpaired) electrons. The number of anilines is 1. The average molecular weight is 465 g/mol. The van der Waals surface area contributed by atoms with Crippen LogP contribution in [0.1, 0.15) is 31.2 Å². The van der Waals surface area contributed by atoms with Crippen molar-refractivity contribution in [1.82, 2.24) is 14.1 Å². The van der Waals surface area contributed by atoms with E-state index in [-0.39, 0.29) is 16.8 Å². The molecule has 31 heavy (non-hydrogen) atoms. The quantitative estimate of drug-likeness (QED) is 0.448. The summed E-state index contributed by atoms with van der Waals surface area (Å²) in [6.07, 6.45) is 1.78. The molecule has 7 nitrogen and oxygen atoms in total. The van der Waals surface area contributed by atoms with Gasteiger partial charge in [0.15, 0.2) is 0 Å². The highest BCUT2D eigenvalue weighted by atomic mass is 32.2. The maximum absolute atomic E-state index is 13.0. The highest BCUT2D eigenvalue weighted by Crippen LogP contribution is 2.17. The van der Waals surface area contributed by atoms with E-state index in [0.717, 1.165) is 5.56 Å². The number of halogens is 1. The Hall–Kier alpha value is -2.56. The SMILES string of the molecule is CCC(CCNc1nc(Cc2ccc(F)cc2)ns1)NS(=O)(=O)c1ccc(OC)cc1. The summed E-state index contributed by atoms with van der Waals surface area (Å²) in [7, 11) is -2.08. The van der Waals surface area contributed by atoms with Crippen LogP contribution in [-0.2, 0) is 16.4 Å². The van der Waals surface area contributed by atoms with E-state index >= 15 is 0 Å². The fraction of sp³-hybridized carbons (Fsp3) is 0.333. The first-order valence-corrected chi connectivity index (χ1v) is 12.1. The largest absolute Gasteiger partial charge is 0.497 e. The molecule has 10 heteroatoms. The maximum Gasteiger partial charge on any atom is 0.240 e. The lowest BCUT2D eigenvalue weighted by Crippen LogP contribution is -2.35. The van der Waals surface area contributed by atoms with Crippen molar-refractivity contribution in [1.29, 1.82) is 0 Å². The summed E-state index contributed by atoms with van der Waals surface area (Å²) >= 11 is 1.25. The van der Waals surface area contributed by atoms with Crippen molar-refractivity contribution in [3.05, 3.63) is 65.7 Å². The van der Waals surface area contributed by atoms with Gasteiger partial charge in [-0.15, -0.1) is 0 Å². The van der Waals surface area contributed by atoms with Crippen LogP contribution in [-0.4, -0.2) is 37.5 Å². The molecule has 0 amide bonds.